The molecule has 1 aliphatic rings. The smallest absolute Gasteiger partial charge is 0.242 e. The van der Waals surface area contributed by atoms with Crippen LogP contribution in [0.2, 0.25) is 0 Å². The lowest BCUT2D eigenvalue weighted by molar-refractivity contribution is -0.115. The van der Waals surface area contributed by atoms with Gasteiger partial charge in [-0.15, -0.1) is 10.2 Å². The number of amides is 1. The average molecular weight is 492 g/mol. The molecule has 3 aromatic carbocycles. The summed E-state index contributed by atoms with van der Waals surface area (Å²) in [6.07, 6.45) is 0. The number of thioether (sulfide) groups is 1. The molecule has 172 valence electrons. The van der Waals surface area contributed by atoms with Gasteiger partial charge in [-0.25, -0.2) is 4.39 Å². The first-order valence-corrected chi connectivity index (χ1v) is 12.7. The molecular formula is C25H22FN5OS2. The Morgan fingerprint density at radius 3 is 2.26 bits per heavy atom. The predicted molar refractivity (Wildman–Crippen MR) is 134 cm³/mol. The summed E-state index contributed by atoms with van der Waals surface area (Å²) in [6, 6.07) is 22.1. The van der Waals surface area contributed by atoms with E-state index in [9.17, 15) is 9.18 Å². The van der Waals surface area contributed by atoms with Gasteiger partial charge in [-0.2, -0.15) is 0 Å². The molecule has 0 fully saturated rings. The minimum Gasteiger partial charge on any atom is -0.378 e. The lowest BCUT2D eigenvalue weighted by Gasteiger charge is -2.30. The van der Waals surface area contributed by atoms with E-state index in [1.807, 2.05) is 60.0 Å². The van der Waals surface area contributed by atoms with Gasteiger partial charge >= 0.3 is 0 Å². The second kappa shape index (κ2) is 9.90. The fourth-order valence-corrected chi connectivity index (χ4v) is 5.72. The van der Waals surface area contributed by atoms with Gasteiger partial charge in [0.2, 0.25) is 5.91 Å². The SMILES string of the molecule is CCn1c(CNc2ccc(F)cc2)nnc1SCC(=O)N1c2ccccc2Sc2ccccc21. The van der Waals surface area contributed by atoms with Crippen molar-refractivity contribution in [2.45, 2.75) is 35.0 Å². The minimum absolute atomic E-state index is 0.0122. The fraction of sp³-hybridized carbons (Fsp3) is 0.160. The number of aromatic nitrogens is 3. The zero-order valence-corrected chi connectivity index (χ0v) is 20.1. The molecule has 5 rings (SSSR count). The van der Waals surface area contributed by atoms with Gasteiger partial charge in [-0.1, -0.05) is 47.8 Å². The van der Waals surface area contributed by atoms with E-state index in [2.05, 4.69) is 15.5 Å². The van der Waals surface area contributed by atoms with Crippen LogP contribution in [0.25, 0.3) is 0 Å². The summed E-state index contributed by atoms with van der Waals surface area (Å²) >= 11 is 3.06. The van der Waals surface area contributed by atoms with Gasteiger partial charge in [0.05, 0.1) is 23.7 Å². The molecule has 2 heterocycles. The number of carbonyl (C=O) groups is 1. The molecule has 0 radical (unpaired) electrons. The predicted octanol–water partition coefficient (Wildman–Crippen LogP) is 5.97. The van der Waals surface area contributed by atoms with Gasteiger partial charge in [0.15, 0.2) is 11.0 Å². The van der Waals surface area contributed by atoms with Crippen LogP contribution in [0.1, 0.15) is 12.7 Å². The first kappa shape index (κ1) is 22.5. The third kappa shape index (κ3) is 4.53. The number of para-hydroxylation sites is 2. The van der Waals surface area contributed by atoms with Gasteiger partial charge in [0.1, 0.15) is 5.82 Å². The second-order valence-corrected chi connectivity index (χ2v) is 9.59. The van der Waals surface area contributed by atoms with E-state index in [1.165, 1.54) is 23.9 Å². The van der Waals surface area contributed by atoms with Crippen LogP contribution < -0.4 is 10.2 Å². The van der Waals surface area contributed by atoms with E-state index in [0.717, 1.165) is 32.7 Å². The first-order valence-electron chi connectivity index (χ1n) is 10.9. The van der Waals surface area contributed by atoms with Crippen LogP contribution >= 0.6 is 23.5 Å². The lowest BCUT2D eigenvalue weighted by atomic mass is 10.2. The van der Waals surface area contributed by atoms with Crippen molar-refractivity contribution in [1.82, 2.24) is 14.8 Å². The average Bonchev–Trinajstić information content (AvgIpc) is 3.27. The molecule has 0 saturated carbocycles. The number of hydrogen-bond acceptors (Lipinski definition) is 6. The van der Waals surface area contributed by atoms with Gasteiger partial charge < -0.3 is 9.88 Å². The summed E-state index contributed by atoms with van der Waals surface area (Å²) < 4.78 is 15.1. The van der Waals surface area contributed by atoms with Crippen molar-refractivity contribution in [3.8, 4) is 0 Å². The molecule has 1 N–H and O–H groups in total. The zero-order chi connectivity index (χ0) is 23.5. The summed E-state index contributed by atoms with van der Waals surface area (Å²) in [5.74, 6) is 0.702. The van der Waals surface area contributed by atoms with Gasteiger partial charge in [-0.3, -0.25) is 9.69 Å². The Kier molecular flexibility index (Phi) is 6.55. The third-order valence-electron chi connectivity index (χ3n) is 5.41. The van der Waals surface area contributed by atoms with Crippen molar-refractivity contribution in [3.05, 3.63) is 84.4 Å². The van der Waals surface area contributed by atoms with E-state index in [-0.39, 0.29) is 17.5 Å². The largest absolute Gasteiger partial charge is 0.378 e. The summed E-state index contributed by atoms with van der Waals surface area (Å²) in [7, 11) is 0. The van der Waals surface area contributed by atoms with Gasteiger partial charge in [0.25, 0.3) is 0 Å². The summed E-state index contributed by atoms with van der Waals surface area (Å²) in [5.41, 5.74) is 2.60. The molecule has 0 unspecified atom stereocenters. The highest BCUT2D eigenvalue weighted by Gasteiger charge is 2.28. The molecule has 9 heteroatoms. The van der Waals surface area contributed by atoms with Crippen LogP contribution in [0.4, 0.5) is 21.5 Å². The highest BCUT2D eigenvalue weighted by molar-refractivity contribution is 8.00. The number of hydrogen-bond donors (Lipinski definition) is 1. The second-order valence-electron chi connectivity index (χ2n) is 7.56. The quantitative estimate of drug-likeness (QED) is 0.321. The van der Waals surface area contributed by atoms with E-state index in [0.29, 0.717) is 18.2 Å². The van der Waals surface area contributed by atoms with Crippen LogP contribution in [0.3, 0.4) is 0 Å². The molecule has 0 bridgehead atoms. The number of rotatable bonds is 7. The molecular weight excluding hydrogens is 469 g/mol. The van der Waals surface area contributed by atoms with Crippen LogP contribution in [-0.4, -0.2) is 26.4 Å². The summed E-state index contributed by atoms with van der Waals surface area (Å²) in [5, 5.41) is 12.6. The number of anilines is 3. The van der Waals surface area contributed by atoms with Crippen molar-refractivity contribution in [3.63, 3.8) is 0 Å². The molecule has 0 atom stereocenters. The lowest BCUT2D eigenvalue weighted by Crippen LogP contribution is -2.30. The van der Waals surface area contributed by atoms with Gasteiger partial charge in [0, 0.05) is 22.0 Å². The number of carbonyl (C=O) groups excluding carboxylic acids is 1. The Morgan fingerprint density at radius 1 is 0.971 bits per heavy atom. The number of nitrogens with one attached hydrogen (secondary N) is 1. The first-order chi connectivity index (χ1) is 16.6. The molecule has 1 aliphatic heterocycles. The van der Waals surface area contributed by atoms with E-state index in [1.54, 1.807) is 28.8 Å². The zero-order valence-electron chi connectivity index (χ0n) is 18.4. The van der Waals surface area contributed by atoms with Crippen molar-refractivity contribution < 1.29 is 9.18 Å². The molecule has 34 heavy (non-hydrogen) atoms. The summed E-state index contributed by atoms with van der Waals surface area (Å²) in [6.45, 7) is 3.14. The number of nitrogens with zero attached hydrogens (tertiary/aromatic N) is 4. The minimum atomic E-state index is -0.275. The third-order valence-corrected chi connectivity index (χ3v) is 7.49. The topological polar surface area (TPSA) is 63.1 Å². The number of halogens is 1. The van der Waals surface area contributed by atoms with Crippen LogP contribution in [0.15, 0.2) is 87.7 Å². The maximum absolute atomic E-state index is 13.4. The van der Waals surface area contributed by atoms with Crippen molar-refractivity contribution in [1.29, 1.82) is 0 Å². The molecule has 1 amide bonds. The van der Waals surface area contributed by atoms with Crippen LogP contribution in [0, 0.1) is 5.82 Å². The normalized spacial score (nSPS) is 12.2. The Labute approximate surface area is 205 Å². The van der Waals surface area contributed by atoms with Crippen molar-refractivity contribution in [2.75, 3.05) is 16.0 Å². The van der Waals surface area contributed by atoms with E-state index >= 15 is 0 Å². The Balaban J connectivity index is 1.31. The standard InChI is InChI=1S/C25H22FN5OS2/c1-2-30-23(15-27-18-13-11-17(26)12-14-18)28-29-25(30)33-16-24(32)31-19-7-3-5-9-21(19)34-22-10-6-4-8-20(22)31/h3-14,27H,2,15-16H2,1H3. The number of benzene rings is 3. The van der Waals surface area contributed by atoms with E-state index in [4.69, 9.17) is 0 Å². The van der Waals surface area contributed by atoms with Crippen LogP contribution in [-0.2, 0) is 17.9 Å². The molecule has 1 aromatic heterocycles. The molecule has 6 nitrogen and oxygen atoms in total. The molecule has 0 saturated heterocycles. The Hall–Kier alpha value is -3.30. The monoisotopic (exact) mass is 491 g/mol. The summed E-state index contributed by atoms with van der Waals surface area (Å²) in [4.78, 5) is 17.4. The highest BCUT2D eigenvalue weighted by atomic mass is 32.2. The number of fused-ring (bicyclic) bond motifs is 2. The maximum Gasteiger partial charge on any atom is 0.242 e. The molecule has 0 spiro atoms. The van der Waals surface area contributed by atoms with Crippen molar-refractivity contribution >= 4 is 46.5 Å². The Bertz CT molecular complexity index is 1280. The van der Waals surface area contributed by atoms with Gasteiger partial charge in [-0.05, 0) is 55.5 Å². The fourth-order valence-electron chi connectivity index (χ4n) is 3.79. The van der Waals surface area contributed by atoms with Crippen molar-refractivity contribution in [2.24, 2.45) is 0 Å². The Morgan fingerprint density at radius 2 is 1.62 bits per heavy atom. The maximum atomic E-state index is 13.4. The molecule has 0 aliphatic carbocycles. The highest BCUT2D eigenvalue weighted by Crippen LogP contribution is 2.48. The van der Waals surface area contributed by atoms with Crippen LogP contribution in [0.5, 0.6) is 0 Å². The van der Waals surface area contributed by atoms with E-state index < -0.39 is 0 Å². The molecule has 4 aromatic rings.